The molecule has 1 fully saturated rings. The fourth-order valence-electron chi connectivity index (χ4n) is 2.95. The Morgan fingerprint density at radius 2 is 2.00 bits per heavy atom. The highest BCUT2D eigenvalue weighted by Gasteiger charge is 2.20. The van der Waals surface area contributed by atoms with E-state index >= 15 is 0 Å². The van der Waals surface area contributed by atoms with E-state index in [0.717, 1.165) is 37.8 Å². The van der Waals surface area contributed by atoms with Crippen molar-refractivity contribution in [1.82, 2.24) is 10.2 Å². The van der Waals surface area contributed by atoms with Crippen LogP contribution >= 0.6 is 0 Å². The van der Waals surface area contributed by atoms with Crippen LogP contribution in [0.4, 0.5) is 0 Å². The van der Waals surface area contributed by atoms with E-state index in [1.165, 1.54) is 19.5 Å². The molecule has 3 atom stereocenters. The van der Waals surface area contributed by atoms with Gasteiger partial charge >= 0.3 is 0 Å². The van der Waals surface area contributed by atoms with Crippen LogP contribution in [0.3, 0.4) is 0 Å². The zero-order valence-corrected chi connectivity index (χ0v) is 12.8. The number of hydrogen-bond acceptors (Lipinski definition) is 3. The van der Waals surface area contributed by atoms with Crippen molar-refractivity contribution in [2.75, 3.05) is 26.2 Å². The van der Waals surface area contributed by atoms with Crippen molar-refractivity contribution in [3.05, 3.63) is 0 Å². The van der Waals surface area contributed by atoms with Gasteiger partial charge in [-0.3, -0.25) is 4.79 Å². The van der Waals surface area contributed by atoms with Gasteiger partial charge in [-0.15, -0.1) is 0 Å². The second-order valence-corrected chi connectivity index (χ2v) is 6.43. The van der Waals surface area contributed by atoms with E-state index < -0.39 is 0 Å². The molecule has 4 nitrogen and oxygen atoms in total. The van der Waals surface area contributed by atoms with Crippen molar-refractivity contribution in [2.24, 2.45) is 17.6 Å². The van der Waals surface area contributed by atoms with E-state index in [4.69, 9.17) is 5.73 Å². The maximum absolute atomic E-state index is 11.5. The first-order valence-electron chi connectivity index (χ1n) is 7.72. The molecule has 0 aromatic carbocycles. The minimum Gasteiger partial charge on any atom is -0.356 e. The average molecular weight is 269 g/mol. The third kappa shape index (κ3) is 7.53. The monoisotopic (exact) mass is 269 g/mol. The maximum atomic E-state index is 11.5. The van der Waals surface area contributed by atoms with E-state index in [1.807, 2.05) is 6.92 Å². The van der Waals surface area contributed by atoms with Crippen LogP contribution in [0.15, 0.2) is 0 Å². The lowest BCUT2D eigenvalue weighted by Crippen LogP contribution is -2.40. The summed E-state index contributed by atoms with van der Waals surface area (Å²) in [6, 6.07) is 0.113. The number of likely N-dealkylation sites (tertiary alicyclic amines) is 1. The van der Waals surface area contributed by atoms with Crippen molar-refractivity contribution in [1.29, 1.82) is 0 Å². The Morgan fingerprint density at radius 3 is 2.58 bits per heavy atom. The number of nitrogens with two attached hydrogens (primary N) is 1. The Kier molecular flexibility index (Phi) is 7.39. The fraction of sp³-hybridized carbons (Fsp3) is 0.933. The largest absolute Gasteiger partial charge is 0.356 e. The minimum absolute atomic E-state index is 0.113. The summed E-state index contributed by atoms with van der Waals surface area (Å²) >= 11 is 0. The summed E-state index contributed by atoms with van der Waals surface area (Å²) in [5, 5.41) is 2.98. The molecule has 1 aliphatic heterocycles. The van der Waals surface area contributed by atoms with Gasteiger partial charge in [-0.05, 0) is 44.6 Å². The van der Waals surface area contributed by atoms with Crippen LogP contribution in [-0.4, -0.2) is 43.0 Å². The number of hydrogen-bond donors (Lipinski definition) is 2. The van der Waals surface area contributed by atoms with Gasteiger partial charge in [0.25, 0.3) is 0 Å². The molecule has 0 aromatic rings. The van der Waals surface area contributed by atoms with Gasteiger partial charge in [0.2, 0.25) is 5.91 Å². The zero-order chi connectivity index (χ0) is 14.3. The normalized spacial score (nSPS) is 26.1. The van der Waals surface area contributed by atoms with E-state index in [2.05, 4.69) is 24.1 Å². The first-order chi connectivity index (χ1) is 8.97. The Bertz CT molecular complexity index is 258. The molecule has 0 radical (unpaired) electrons. The third-order valence-electron chi connectivity index (χ3n) is 3.74. The molecule has 1 saturated heterocycles. The number of nitrogens with one attached hydrogen (secondary N) is 1. The molecule has 1 amide bonds. The van der Waals surface area contributed by atoms with Crippen LogP contribution in [0.2, 0.25) is 0 Å². The van der Waals surface area contributed by atoms with Crippen LogP contribution < -0.4 is 11.1 Å². The van der Waals surface area contributed by atoms with E-state index in [1.54, 1.807) is 0 Å². The number of nitrogens with zero attached hydrogens (tertiary/aromatic N) is 1. The Labute approximate surface area is 118 Å². The molecule has 0 spiro atoms. The number of piperidine rings is 1. The van der Waals surface area contributed by atoms with Gasteiger partial charge in [-0.1, -0.05) is 13.8 Å². The van der Waals surface area contributed by atoms with Crippen LogP contribution in [0.25, 0.3) is 0 Å². The van der Waals surface area contributed by atoms with Crippen LogP contribution in [-0.2, 0) is 4.79 Å². The van der Waals surface area contributed by atoms with Crippen molar-refractivity contribution >= 4 is 5.91 Å². The number of amides is 1. The summed E-state index contributed by atoms with van der Waals surface area (Å²) in [5.41, 5.74) is 5.63. The summed E-state index contributed by atoms with van der Waals surface area (Å²) in [6.45, 7) is 10.9. The number of rotatable bonds is 7. The molecular formula is C15H31N3O. The first kappa shape index (κ1) is 16.4. The fourth-order valence-corrected chi connectivity index (χ4v) is 2.95. The molecule has 3 unspecified atom stereocenters. The Balaban J connectivity index is 2.05. The SMILES string of the molecule is CC(N)CCC(=O)NCCCN1CC(C)CC(C)C1. The molecule has 1 heterocycles. The first-order valence-corrected chi connectivity index (χ1v) is 7.72. The third-order valence-corrected chi connectivity index (χ3v) is 3.74. The van der Waals surface area contributed by atoms with Gasteiger partial charge in [0, 0.05) is 32.1 Å². The second-order valence-electron chi connectivity index (χ2n) is 6.43. The topological polar surface area (TPSA) is 58.4 Å². The summed E-state index contributed by atoms with van der Waals surface area (Å²) < 4.78 is 0. The molecule has 1 rings (SSSR count). The van der Waals surface area contributed by atoms with Crippen molar-refractivity contribution < 1.29 is 4.79 Å². The molecule has 19 heavy (non-hydrogen) atoms. The van der Waals surface area contributed by atoms with E-state index in [9.17, 15) is 4.79 Å². The zero-order valence-electron chi connectivity index (χ0n) is 12.8. The van der Waals surface area contributed by atoms with Gasteiger partial charge in [0.1, 0.15) is 0 Å². The maximum Gasteiger partial charge on any atom is 0.220 e. The highest BCUT2D eigenvalue weighted by atomic mass is 16.1. The average Bonchev–Trinajstić information content (AvgIpc) is 2.31. The molecule has 4 heteroatoms. The van der Waals surface area contributed by atoms with Gasteiger partial charge in [0.15, 0.2) is 0 Å². The van der Waals surface area contributed by atoms with Gasteiger partial charge < -0.3 is 16.0 Å². The predicted molar refractivity (Wildman–Crippen MR) is 79.9 cm³/mol. The molecule has 0 aromatic heterocycles. The molecule has 0 saturated carbocycles. The van der Waals surface area contributed by atoms with Crippen LogP contribution in [0.1, 0.15) is 46.5 Å². The molecule has 0 aliphatic carbocycles. The predicted octanol–water partition coefficient (Wildman–Crippen LogP) is 1.60. The molecule has 1 aliphatic rings. The van der Waals surface area contributed by atoms with Crippen molar-refractivity contribution in [3.63, 3.8) is 0 Å². The lowest BCUT2D eigenvalue weighted by molar-refractivity contribution is -0.121. The highest BCUT2D eigenvalue weighted by molar-refractivity contribution is 5.75. The molecule has 3 N–H and O–H groups in total. The van der Waals surface area contributed by atoms with Crippen molar-refractivity contribution in [3.8, 4) is 0 Å². The van der Waals surface area contributed by atoms with Crippen molar-refractivity contribution in [2.45, 2.75) is 52.5 Å². The summed E-state index contributed by atoms with van der Waals surface area (Å²) in [7, 11) is 0. The molecule has 0 bridgehead atoms. The lowest BCUT2D eigenvalue weighted by Gasteiger charge is -2.34. The summed E-state index contributed by atoms with van der Waals surface area (Å²) in [6.07, 6.45) is 3.72. The highest BCUT2D eigenvalue weighted by Crippen LogP contribution is 2.20. The number of carbonyl (C=O) groups excluding carboxylic acids is 1. The van der Waals surface area contributed by atoms with Crippen LogP contribution in [0, 0.1) is 11.8 Å². The Hall–Kier alpha value is -0.610. The molecular weight excluding hydrogens is 238 g/mol. The lowest BCUT2D eigenvalue weighted by atomic mass is 9.92. The van der Waals surface area contributed by atoms with Crippen LogP contribution in [0.5, 0.6) is 0 Å². The van der Waals surface area contributed by atoms with Gasteiger partial charge in [-0.2, -0.15) is 0 Å². The smallest absolute Gasteiger partial charge is 0.220 e. The summed E-state index contributed by atoms with van der Waals surface area (Å²) in [4.78, 5) is 14.1. The minimum atomic E-state index is 0.113. The molecule has 112 valence electrons. The quantitative estimate of drug-likeness (QED) is 0.690. The number of carbonyl (C=O) groups is 1. The van der Waals surface area contributed by atoms with E-state index in [0.29, 0.717) is 6.42 Å². The van der Waals surface area contributed by atoms with E-state index in [-0.39, 0.29) is 11.9 Å². The van der Waals surface area contributed by atoms with Gasteiger partial charge in [0.05, 0.1) is 0 Å². The summed E-state index contributed by atoms with van der Waals surface area (Å²) in [5.74, 6) is 1.76. The second kappa shape index (κ2) is 8.54. The Morgan fingerprint density at radius 1 is 1.37 bits per heavy atom. The van der Waals surface area contributed by atoms with Gasteiger partial charge in [-0.25, -0.2) is 0 Å². The standard InChI is InChI=1S/C15H31N3O/c1-12-9-13(2)11-18(10-12)8-4-7-17-15(19)6-5-14(3)16/h12-14H,4-11,16H2,1-3H3,(H,17,19).